The zero-order valence-corrected chi connectivity index (χ0v) is 6.39. The maximum atomic E-state index is 10.5. The second kappa shape index (κ2) is 5.05. The van der Waals surface area contributed by atoms with E-state index in [-0.39, 0.29) is 11.2 Å². The van der Waals surface area contributed by atoms with Crippen molar-refractivity contribution < 1.29 is 9.53 Å². The summed E-state index contributed by atoms with van der Waals surface area (Å²) in [7, 11) is 0. The second-order valence-corrected chi connectivity index (χ2v) is 2.63. The molecule has 0 spiro atoms. The number of carbonyl (C=O) groups excluding carboxylic acids is 1. The minimum Gasteiger partial charge on any atom is -0.617 e. The van der Waals surface area contributed by atoms with Gasteiger partial charge in [0, 0.05) is 5.75 Å². The van der Waals surface area contributed by atoms with Crippen LogP contribution in [0.3, 0.4) is 0 Å². The largest absolute Gasteiger partial charge is 0.617 e. The molecule has 56 valence electrons. The lowest BCUT2D eigenvalue weighted by atomic mass is 10.5. The summed E-state index contributed by atoms with van der Waals surface area (Å²) in [6.07, 6.45) is 0.226. The molecule has 0 atom stereocenters. The summed E-state index contributed by atoms with van der Waals surface area (Å²) in [5, 5.41) is 11.8. The highest BCUT2D eigenvalue weighted by molar-refractivity contribution is 8.02. The van der Waals surface area contributed by atoms with Gasteiger partial charge in [-0.05, 0) is 5.41 Å². The molecule has 10 heavy (non-hydrogen) atoms. The van der Waals surface area contributed by atoms with Gasteiger partial charge in [-0.15, -0.1) is 16.5 Å². The van der Waals surface area contributed by atoms with Crippen molar-refractivity contribution >= 4 is 24.4 Å². The van der Waals surface area contributed by atoms with Crippen LogP contribution >= 0.6 is 11.8 Å². The summed E-state index contributed by atoms with van der Waals surface area (Å²) >= 11 is 1.40. The average molecular weight is 159 g/mol. The van der Waals surface area contributed by atoms with Crippen LogP contribution in [0.15, 0.2) is 12.0 Å². The zero-order chi connectivity index (χ0) is 7.98. The Balaban J connectivity index is 3.40. The van der Waals surface area contributed by atoms with E-state index in [4.69, 9.17) is 0 Å². The number of hydrogen-bond acceptors (Lipinski definition) is 3. The Morgan fingerprint density at radius 2 is 2.40 bits per heavy atom. The van der Waals surface area contributed by atoms with Gasteiger partial charge in [-0.25, -0.2) is 4.79 Å². The fraction of sp³-hybridized carbons (Fsp3) is 0.333. The molecule has 0 fully saturated rings. The van der Waals surface area contributed by atoms with Gasteiger partial charge in [-0.2, -0.15) is 0 Å². The minimum atomic E-state index is -0.491. The first-order valence-corrected chi connectivity index (χ1v) is 3.76. The highest BCUT2D eigenvalue weighted by Gasteiger charge is 2.05. The van der Waals surface area contributed by atoms with Crippen LogP contribution in [0.2, 0.25) is 0 Å². The molecule has 0 N–H and O–H groups in total. The lowest BCUT2D eigenvalue weighted by Crippen LogP contribution is -2.12. The number of amides is 1. The molecular weight excluding hydrogens is 150 g/mol. The molecule has 0 radical (unpaired) electrons. The van der Waals surface area contributed by atoms with Gasteiger partial charge in [0.15, 0.2) is 0 Å². The predicted octanol–water partition coefficient (Wildman–Crippen LogP) is 0.991. The van der Waals surface area contributed by atoms with Gasteiger partial charge in [-0.1, -0.05) is 6.58 Å². The summed E-state index contributed by atoms with van der Waals surface area (Å²) < 4.78 is 0.101. The van der Waals surface area contributed by atoms with E-state index in [2.05, 4.69) is 13.3 Å². The Kier molecular flexibility index (Phi) is 4.66. The summed E-state index contributed by atoms with van der Waals surface area (Å²) in [4.78, 5) is 10.5. The summed E-state index contributed by atoms with van der Waals surface area (Å²) in [5.41, 5.74) is 0. The maximum absolute atomic E-state index is 10.5. The lowest BCUT2D eigenvalue weighted by molar-refractivity contribution is -0.373. The minimum absolute atomic E-state index is 0.101. The van der Waals surface area contributed by atoms with Crippen LogP contribution < -0.4 is 0 Å². The number of nitrogens with zero attached hydrogens (tertiary/aromatic N) is 1. The Hall–Kier alpha value is -0.770. The quantitative estimate of drug-likeness (QED) is 0.202. The van der Waals surface area contributed by atoms with E-state index in [1.54, 1.807) is 5.41 Å². The molecule has 0 aliphatic heterocycles. The van der Waals surface area contributed by atoms with E-state index in [9.17, 15) is 10.0 Å². The SMILES string of the molecule is C=CSCCC(=O)[N+](=C)[O-]. The van der Waals surface area contributed by atoms with Crippen molar-refractivity contribution in [1.29, 1.82) is 0 Å². The molecule has 0 rings (SSSR count). The molecule has 0 heterocycles. The number of thioether (sulfide) groups is 1. The molecule has 0 aromatic heterocycles. The Labute approximate surface area is 64.0 Å². The van der Waals surface area contributed by atoms with Crippen molar-refractivity contribution in [3.63, 3.8) is 0 Å². The molecule has 0 aromatic rings. The van der Waals surface area contributed by atoms with Gasteiger partial charge in [-0.3, -0.25) is 0 Å². The van der Waals surface area contributed by atoms with Crippen molar-refractivity contribution in [3.8, 4) is 0 Å². The molecule has 4 heteroatoms. The van der Waals surface area contributed by atoms with Gasteiger partial charge < -0.3 is 5.21 Å². The zero-order valence-electron chi connectivity index (χ0n) is 5.58. The van der Waals surface area contributed by atoms with E-state index < -0.39 is 5.91 Å². The Morgan fingerprint density at radius 1 is 1.80 bits per heavy atom. The monoisotopic (exact) mass is 159 g/mol. The van der Waals surface area contributed by atoms with E-state index in [0.29, 0.717) is 5.75 Å². The van der Waals surface area contributed by atoms with Crippen molar-refractivity contribution in [3.05, 3.63) is 17.2 Å². The van der Waals surface area contributed by atoms with Crippen LogP contribution in [-0.2, 0) is 4.79 Å². The molecular formula is C6H9NO2S. The van der Waals surface area contributed by atoms with Crippen LogP contribution in [0, 0.1) is 5.21 Å². The number of rotatable bonds is 4. The van der Waals surface area contributed by atoms with Crippen molar-refractivity contribution in [2.75, 3.05) is 5.75 Å². The molecule has 0 bridgehead atoms. The fourth-order valence-electron chi connectivity index (χ4n) is 0.354. The fourth-order valence-corrected chi connectivity index (χ4v) is 0.813. The smallest absolute Gasteiger partial charge is 0.398 e. The summed E-state index contributed by atoms with van der Waals surface area (Å²) in [6, 6.07) is 0. The van der Waals surface area contributed by atoms with E-state index in [1.165, 1.54) is 11.8 Å². The average Bonchev–Trinajstić information content (AvgIpc) is 1.88. The van der Waals surface area contributed by atoms with E-state index in [1.807, 2.05) is 0 Å². The Morgan fingerprint density at radius 3 is 2.80 bits per heavy atom. The molecule has 3 nitrogen and oxygen atoms in total. The normalized spacial score (nSPS) is 8.80. The third kappa shape index (κ3) is 4.14. The highest BCUT2D eigenvalue weighted by atomic mass is 32.2. The first-order valence-electron chi connectivity index (χ1n) is 2.71. The van der Waals surface area contributed by atoms with Gasteiger partial charge in [0.25, 0.3) is 0 Å². The standard InChI is InChI=1S/C6H9NO2S/c1-3-10-5-4-6(8)7(2)9/h3H,1-2,4-5H2. The molecule has 0 aliphatic carbocycles. The van der Waals surface area contributed by atoms with Crippen LogP contribution in [0.1, 0.15) is 6.42 Å². The number of hydroxylamine groups is 1. The van der Waals surface area contributed by atoms with Crippen molar-refractivity contribution in [2.45, 2.75) is 6.42 Å². The van der Waals surface area contributed by atoms with Crippen LogP contribution in [0.5, 0.6) is 0 Å². The molecule has 0 saturated heterocycles. The van der Waals surface area contributed by atoms with Gasteiger partial charge in [0.05, 0.1) is 6.42 Å². The second-order valence-electron chi connectivity index (χ2n) is 1.56. The lowest BCUT2D eigenvalue weighted by Gasteiger charge is -1.96. The topological polar surface area (TPSA) is 43.1 Å². The molecule has 0 unspecified atom stereocenters. The number of hydrogen-bond donors (Lipinski definition) is 0. The van der Waals surface area contributed by atoms with E-state index in [0.717, 1.165) is 0 Å². The van der Waals surface area contributed by atoms with Crippen LogP contribution in [0.4, 0.5) is 0 Å². The predicted molar refractivity (Wildman–Crippen MR) is 43.0 cm³/mol. The first kappa shape index (κ1) is 9.23. The van der Waals surface area contributed by atoms with Gasteiger partial charge in [0.1, 0.15) is 6.72 Å². The molecule has 0 aromatic carbocycles. The molecule has 0 saturated carbocycles. The molecule has 1 amide bonds. The molecule has 0 aliphatic rings. The maximum Gasteiger partial charge on any atom is 0.398 e. The van der Waals surface area contributed by atoms with Crippen molar-refractivity contribution in [2.24, 2.45) is 0 Å². The van der Waals surface area contributed by atoms with Crippen molar-refractivity contribution in [1.82, 2.24) is 0 Å². The van der Waals surface area contributed by atoms with Gasteiger partial charge >= 0.3 is 5.91 Å². The third-order valence-electron chi connectivity index (χ3n) is 0.830. The summed E-state index contributed by atoms with van der Waals surface area (Å²) in [5.74, 6) is 0.103. The highest BCUT2D eigenvalue weighted by Crippen LogP contribution is 2.02. The van der Waals surface area contributed by atoms with Crippen LogP contribution in [0.25, 0.3) is 0 Å². The third-order valence-corrected chi connectivity index (χ3v) is 1.51. The summed E-state index contributed by atoms with van der Waals surface area (Å²) in [6.45, 7) is 6.36. The van der Waals surface area contributed by atoms with E-state index >= 15 is 0 Å². The van der Waals surface area contributed by atoms with Crippen LogP contribution in [-0.4, -0.2) is 23.1 Å². The van der Waals surface area contributed by atoms with Gasteiger partial charge in [0.2, 0.25) is 0 Å². The number of carbonyl (C=O) groups is 1. The Bertz CT molecular complexity index is 156. The first-order chi connectivity index (χ1) is 4.68.